The van der Waals surface area contributed by atoms with Crippen molar-refractivity contribution in [3.05, 3.63) is 56.6 Å². The topological polar surface area (TPSA) is 46.6 Å². The van der Waals surface area contributed by atoms with Gasteiger partial charge >= 0.3 is 0 Å². The van der Waals surface area contributed by atoms with Gasteiger partial charge in [0.25, 0.3) is 0 Å². The Hall–Kier alpha value is -1.21. The number of ketones is 2. The van der Waals surface area contributed by atoms with E-state index in [4.69, 9.17) is 4.74 Å². The Balaban J connectivity index is 1.75. The quantitative estimate of drug-likeness (QED) is 0.273. The molecule has 0 aromatic heterocycles. The molecule has 1 aliphatic carbocycles. The maximum atomic E-state index is 13.2. The number of nitrogens with zero attached hydrogens (tertiary/aromatic N) is 1. The number of Topliss-reactive ketones (excluding diaryl/α,β-unsaturated/α-hetero) is 2. The summed E-state index contributed by atoms with van der Waals surface area (Å²) in [6, 6.07) is 8.38. The predicted octanol–water partition coefficient (Wildman–Crippen LogP) is 5.99. The maximum absolute atomic E-state index is 13.2. The van der Waals surface area contributed by atoms with Crippen molar-refractivity contribution < 1.29 is 14.3 Å². The van der Waals surface area contributed by atoms with Crippen LogP contribution in [-0.4, -0.2) is 53.8 Å². The van der Waals surface area contributed by atoms with Crippen LogP contribution >= 0.6 is 27.7 Å². The standard InChI is InChI=1S/C27H36BrNO3S/c1-18-19(2)26(31)24(20(3)25(18)30)27(4,5)17-29(15-21-8-6-9-22(28)14-21)11-13-33-16-23-10-7-12-32-23/h6,8-9,14,23H,7,10-13,15-17H2,1-5H3. The summed E-state index contributed by atoms with van der Waals surface area (Å²) in [6.45, 7) is 12.8. The third-order valence-corrected chi connectivity index (χ3v) is 8.23. The number of hydrogen-bond donors (Lipinski definition) is 0. The first-order valence-corrected chi connectivity index (χ1v) is 13.7. The molecule has 3 rings (SSSR count). The van der Waals surface area contributed by atoms with E-state index in [-0.39, 0.29) is 11.6 Å². The number of rotatable bonds is 10. The molecule has 2 aliphatic rings. The van der Waals surface area contributed by atoms with Crippen LogP contribution < -0.4 is 0 Å². The zero-order valence-corrected chi connectivity index (χ0v) is 22.9. The third-order valence-electron chi connectivity index (χ3n) is 6.66. The first kappa shape index (κ1) is 26.4. The van der Waals surface area contributed by atoms with E-state index in [1.54, 1.807) is 13.8 Å². The molecule has 1 heterocycles. The summed E-state index contributed by atoms with van der Waals surface area (Å²) in [6.07, 6.45) is 2.72. The molecular weight excluding hydrogens is 498 g/mol. The van der Waals surface area contributed by atoms with Crippen molar-refractivity contribution in [1.82, 2.24) is 4.90 Å². The zero-order valence-electron chi connectivity index (χ0n) is 20.5. The molecule has 33 heavy (non-hydrogen) atoms. The number of benzene rings is 1. The number of ether oxygens (including phenoxy) is 1. The maximum Gasteiger partial charge on any atom is 0.186 e. The molecule has 6 heteroatoms. The largest absolute Gasteiger partial charge is 0.377 e. The van der Waals surface area contributed by atoms with Crippen LogP contribution in [0.15, 0.2) is 51.0 Å². The Labute approximate surface area is 211 Å². The molecule has 0 amide bonds. The van der Waals surface area contributed by atoms with Gasteiger partial charge in [0, 0.05) is 69.9 Å². The van der Waals surface area contributed by atoms with Gasteiger partial charge in [0.05, 0.1) is 6.10 Å². The Bertz CT molecular complexity index is 960. The molecule has 0 spiro atoms. The van der Waals surface area contributed by atoms with Crippen molar-refractivity contribution >= 4 is 39.3 Å². The number of carbonyl (C=O) groups excluding carboxylic acids is 2. The van der Waals surface area contributed by atoms with Crippen LogP contribution in [0.25, 0.3) is 0 Å². The summed E-state index contributed by atoms with van der Waals surface area (Å²) in [5.41, 5.74) is 3.22. The smallest absolute Gasteiger partial charge is 0.186 e. The minimum absolute atomic E-state index is 0.000772. The number of carbonyl (C=O) groups is 2. The third kappa shape index (κ3) is 6.68. The lowest BCUT2D eigenvalue weighted by molar-refractivity contribution is -0.117. The highest BCUT2D eigenvalue weighted by atomic mass is 79.9. The molecule has 1 unspecified atom stereocenters. The van der Waals surface area contributed by atoms with Crippen molar-refractivity contribution in [1.29, 1.82) is 0 Å². The molecule has 0 N–H and O–H groups in total. The summed E-state index contributed by atoms with van der Waals surface area (Å²) >= 11 is 5.52. The highest BCUT2D eigenvalue weighted by Gasteiger charge is 2.38. The molecule has 1 saturated heterocycles. The molecule has 0 radical (unpaired) electrons. The minimum atomic E-state index is -0.440. The summed E-state index contributed by atoms with van der Waals surface area (Å²) in [5, 5.41) is 0. The number of thioether (sulfide) groups is 1. The fourth-order valence-corrected chi connectivity index (χ4v) is 6.36. The highest BCUT2D eigenvalue weighted by molar-refractivity contribution is 9.10. The van der Waals surface area contributed by atoms with Gasteiger partial charge in [-0.2, -0.15) is 11.8 Å². The van der Waals surface area contributed by atoms with Crippen LogP contribution in [0.2, 0.25) is 0 Å². The molecule has 0 saturated carbocycles. The van der Waals surface area contributed by atoms with E-state index in [0.29, 0.717) is 34.9 Å². The van der Waals surface area contributed by atoms with E-state index in [1.165, 1.54) is 12.0 Å². The Morgan fingerprint density at radius 1 is 1.12 bits per heavy atom. The lowest BCUT2D eigenvalue weighted by atomic mass is 9.72. The molecule has 1 atom stereocenters. The van der Waals surface area contributed by atoms with Crippen LogP contribution in [0.5, 0.6) is 0 Å². The van der Waals surface area contributed by atoms with Gasteiger partial charge < -0.3 is 4.74 Å². The van der Waals surface area contributed by atoms with Crippen LogP contribution in [-0.2, 0) is 20.9 Å². The van der Waals surface area contributed by atoms with Crippen molar-refractivity contribution in [3.63, 3.8) is 0 Å². The number of hydrogen-bond acceptors (Lipinski definition) is 5. The van der Waals surface area contributed by atoms with Crippen LogP contribution in [0.1, 0.15) is 53.0 Å². The van der Waals surface area contributed by atoms with Crippen LogP contribution in [0, 0.1) is 5.41 Å². The molecular formula is C27H36BrNO3S. The second kappa shape index (κ2) is 11.5. The van der Waals surface area contributed by atoms with E-state index in [2.05, 4.69) is 52.9 Å². The van der Waals surface area contributed by atoms with Gasteiger partial charge in [-0.25, -0.2) is 0 Å². The zero-order chi connectivity index (χ0) is 24.2. The molecule has 1 fully saturated rings. The Morgan fingerprint density at radius 2 is 1.85 bits per heavy atom. The van der Waals surface area contributed by atoms with Crippen molar-refractivity contribution in [2.75, 3.05) is 31.2 Å². The summed E-state index contributed by atoms with van der Waals surface area (Å²) in [4.78, 5) is 28.4. The van der Waals surface area contributed by atoms with Crippen LogP contribution in [0.4, 0.5) is 0 Å². The van der Waals surface area contributed by atoms with Crippen molar-refractivity contribution in [2.24, 2.45) is 5.41 Å². The summed E-state index contributed by atoms with van der Waals surface area (Å²) in [7, 11) is 0. The van der Waals surface area contributed by atoms with E-state index in [9.17, 15) is 9.59 Å². The van der Waals surface area contributed by atoms with Gasteiger partial charge in [-0.05, 0) is 51.3 Å². The Kier molecular flexibility index (Phi) is 9.18. The fraction of sp³-hybridized carbons (Fsp3) is 0.556. The van der Waals surface area contributed by atoms with E-state index in [1.807, 2.05) is 24.8 Å². The normalized spacial score (nSPS) is 19.9. The van der Waals surface area contributed by atoms with E-state index in [0.717, 1.165) is 42.1 Å². The van der Waals surface area contributed by atoms with Crippen molar-refractivity contribution in [3.8, 4) is 0 Å². The monoisotopic (exact) mass is 533 g/mol. The summed E-state index contributed by atoms with van der Waals surface area (Å²) in [5.74, 6) is 2.06. The fourth-order valence-electron chi connectivity index (χ4n) is 4.84. The second-order valence-electron chi connectivity index (χ2n) is 9.84. The predicted molar refractivity (Wildman–Crippen MR) is 141 cm³/mol. The lowest BCUT2D eigenvalue weighted by Crippen LogP contribution is -2.40. The van der Waals surface area contributed by atoms with Gasteiger partial charge in [-0.15, -0.1) is 0 Å². The van der Waals surface area contributed by atoms with E-state index < -0.39 is 5.41 Å². The highest BCUT2D eigenvalue weighted by Crippen LogP contribution is 2.37. The lowest BCUT2D eigenvalue weighted by Gasteiger charge is -2.36. The number of halogens is 1. The van der Waals surface area contributed by atoms with Gasteiger partial charge in [-0.3, -0.25) is 14.5 Å². The van der Waals surface area contributed by atoms with Crippen molar-refractivity contribution in [2.45, 2.75) is 60.1 Å². The minimum Gasteiger partial charge on any atom is -0.377 e. The van der Waals surface area contributed by atoms with Gasteiger partial charge in [-0.1, -0.05) is 41.9 Å². The second-order valence-corrected chi connectivity index (χ2v) is 11.9. The van der Waals surface area contributed by atoms with Crippen LogP contribution in [0.3, 0.4) is 0 Å². The molecule has 0 bridgehead atoms. The van der Waals surface area contributed by atoms with Gasteiger partial charge in [0.15, 0.2) is 11.6 Å². The first-order valence-electron chi connectivity index (χ1n) is 11.7. The molecule has 180 valence electrons. The molecule has 1 aromatic rings. The first-order chi connectivity index (χ1) is 15.6. The average molecular weight is 535 g/mol. The Morgan fingerprint density at radius 3 is 2.52 bits per heavy atom. The van der Waals surface area contributed by atoms with Gasteiger partial charge in [0.1, 0.15) is 0 Å². The summed E-state index contributed by atoms with van der Waals surface area (Å²) < 4.78 is 6.83. The number of allylic oxidation sites excluding steroid dienone is 3. The van der Waals surface area contributed by atoms with E-state index >= 15 is 0 Å². The molecule has 1 aromatic carbocycles. The average Bonchev–Trinajstić information content (AvgIpc) is 3.27. The van der Waals surface area contributed by atoms with Gasteiger partial charge in [0.2, 0.25) is 0 Å². The SMILES string of the molecule is CC1=C(C)C(=O)C(C(C)(C)CN(CCSCC2CCCO2)Cc2cccc(Br)c2)=C(C)C1=O. The molecule has 1 aliphatic heterocycles. The molecule has 4 nitrogen and oxygen atoms in total.